The molecule has 13 heteroatoms. The number of rotatable bonds is 7. The second-order valence-corrected chi connectivity index (χ2v) is 13.0. The van der Waals surface area contributed by atoms with Gasteiger partial charge in [-0.05, 0) is 87.2 Å². The van der Waals surface area contributed by atoms with Crippen molar-refractivity contribution in [3.8, 4) is 5.75 Å². The number of nitrogens with two attached hydrogens (primary N) is 1. The highest BCUT2D eigenvalue weighted by Crippen LogP contribution is 2.61. The van der Waals surface area contributed by atoms with Gasteiger partial charge < -0.3 is 26.0 Å². The Hall–Kier alpha value is -2.87. The number of hydrogen-bond acceptors (Lipinski definition) is 9. The molecule has 240 valence electrons. The summed E-state index contributed by atoms with van der Waals surface area (Å²) in [6.45, 7) is 5.24. The second-order valence-electron chi connectivity index (χ2n) is 13.0. The van der Waals surface area contributed by atoms with Crippen LogP contribution in [0.2, 0.25) is 0 Å². The van der Waals surface area contributed by atoms with Crippen LogP contribution in [0.25, 0.3) is 0 Å². The quantitative estimate of drug-likeness (QED) is 0.264. The summed E-state index contributed by atoms with van der Waals surface area (Å²) in [6.07, 6.45) is -4.40. The molecule has 1 aromatic carbocycles. The molecule has 1 spiro atoms. The molecule has 2 aliphatic heterocycles. The van der Waals surface area contributed by atoms with E-state index in [0.29, 0.717) is 45.3 Å². The number of amides is 1. The number of Topliss-reactive ketones (excluding diaryl/α,β-unsaturated/α-hetero) is 3. The first-order valence-electron chi connectivity index (χ1n) is 15.5. The lowest BCUT2D eigenvalue weighted by molar-refractivity contribution is -0.159. The summed E-state index contributed by atoms with van der Waals surface area (Å²) in [4.78, 5) is 57.1. The normalized spacial score (nSPS) is 36.4. The number of nitrogens with zero attached hydrogens (tertiary/aromatic N) is 1. The second kappa shape index (κ2) is 10.9. The molecule has 1 aromatic rings. The molecule has 9 unspecified atom stereocenters. The molecule has 0 radical (unpaired) electrons. The molecule has 2 saturated heterocycles. The first kappa shape index (κ1) is 31.1. The highest BCUT2D eigenvalue weighted by Gasteiger charge is 2.78. The summed E-state index contributed by atoms with van der Waals surface area (Å²) in [5, 5.41) is 24.7. The summed E-state index contributed by atoms with van der Waals surface area (Å²) in [7, 11) is 0. The molecular weight excluding hydrogens is 583 g/mol. The lowest BCUT2D eigenvalue weighted by Gasteiger charge is -2.52. The first-order valence-corrected chi connectivity index (χ1v) is 15.5. The van der Waals surface area contributed by atoms with E-state index in [2.05, 4.69) is 5.32 Å². The van der Waals surface area contributed by atoms with Crippen molar-refractivity contribution in [1.82, 2.24) is 10.2 Å². The van der Waals surface area contributed by atoms with Gasteiger partial charge in [-0.3, -0.25) is 24.1 Å². The van der Waals surface area contributed by atoms with Gasteiger partial charge in [-0.15, -0.1) is 0 Å². The highest BCUT2D eigenvalue weighted by atomic mass is 19.4. The van der Waals surface area contributed by atoms with E-state index in [-0.39, 0.29) is 24.0 Å². The molecule has 9 atom stereocenters. The number of phenolic OH excluding ortho intramolecular Hbond substituents is 1. The van der Waals surface area contributed by atoms with Crippen LogP contribution >= 0.6 is 0 Å². The van der Waals surface area contributed by atoms with E-state index in [9.17, 15) is 42.6 Å². The number of nitrogens with one attached hydrogen (secondary N) is 1. The van der Waals surface area contributed by atoms with Gasteiger partial charge in [0.2, 0.25) is 5.91 Å². The van der Waals surface area contributed by atoms with Crippen molar-refractivity contribution < 1.29 is 47.3 Å². The Labute approximate surface area is 252 Å². The molecule has 2 saturated carbocycles. The third-order valence-electron chi connectivity index (χ3n) is 10.5. The molecule has 0 aromatic heterocycles. The van der Waals surface area contributed by atoms with Crippen molar-refractivity contribution in [3.05, 3.63) is 28.3 Å². The molecule has 6 rings (SSSR count). The van der Waals surface area contributed by atoms with Crippen molar-refractivity contribution in [2.75, 3.05) is 19.6 Å². The number of epoxide rings is 1. The minimum absolute atomic E-state index is 0.0138. The predicted molar refractivity (Wildman–Crippen MR) is 148 cm³/mol. The first-order chi connectivity index (χ1) is 20.8. The fourth-order valence-electron chi connectivity index (χ4n) is 9.03. The Morgan fingerprint density at radius 1 is 1.18 bits per heavy atom. The van der Waals surface area contributed by atoms with Gasteiger partial charge in [-0.25, -0.2) is 0 Å². The Morgan fingerprint density at radius 2 is 1.84 bits per heavy atom. The number of aliphatic hydroxyl groups excluding tert-OH is 1. The lowest BCUT2D eigenvalue weighted by Crippen LogP contribution is -2.69. The molecule has 44 heavy (non-hydrogen) atoms. The van der Waals surface area contributed by atoms with E-state index in [0.717, 1.165) is 6.07 Å². The highest BCUT2D eigenvalue weighted by molar-refractivity contribution is 6.17. The summed E-state index contributed by atoms with van der Waals surface area (Å²) in [5.41, 5.74) is 1.81. The number of alkyl halides is 3. The van der Waals surface area contributed by atoms with E-state index in [1.54, 1.807) is 0 Å². The number of benzene rings is 1. The summed E-state index contributed by atoms with van der Waals surface area (Å²) < 4.78 is 49.8. The van der Waals surface area contributed by atoms with Crippen LogP contribution < -0.4 is 11.1 Å². The van der Waals surface area contributed by atoms with Crippen LogP contribution in [0.1, 0.15) is 79.0 Å². The number of carbonyl (C=O) groups excluding carboxylic acids is 4. The van der Waals surface area contributed by atoms with Crippen LogP contribution in [0.3, 0.4) is 0 Å². The fraction of sp³-hybridized carbons (Fsp3) is 0.677. The zero-order chi connectivity index (χ0) is 31.9. The zero-order valence-electron chi connectivity index (χ0n) is 24.7. The standard InChI is InChI=1S/C31H38F3N3O7/c1-3-8-37(9-4-2)24-16-11-13-10-15-20(18(38)12-14(17-6-5-7-36-17)21(15)31(32,33)34)25(39)19(13)26(40)22(16)30(29(43)44-30)23(27(24)41)28(35)42/h12-13,16-17,19,22-24,29,36,38,43H,3-11H2,1-2H3,(H2,35,42). The van der Waals surface area contributed by atoms with Gasteiger partial charge in [-0.1, -0.05) is 13.8 Å². The minimum atomic E-state index is -4.83. The van der Waals surface area contributed by atoms with E-state index in [4.69, 9.17) is 10.5 Å². The van der Waals surface area contributed by atoms with Gasteiger partial charge >= 0.3 is 6.18 Å². The van der Waals surface area contributed by atoms with Crippen LogP contribution in [0.5, 0.6) is 5.75 Å². The van der Waals surface area contributed by atoms with Crippen molar-refractivity contribution >= 4 is 23.3 Å². The number of fused-ring (bicyclic) bond motifs is 4. The molecule has 10 nitrogen and oxygen atoms in total. The van der Waals surface area contributed by atoms with Gasteiger partial charge in [-0.2, -0.15) is 13.2 Å². The Bertz CT molecular complexity index is 1400. The maximum atomic E-state index is 14.8. The third kappa shape index (κ3) is 4.45. The fourth-order valence-corrected chi connectivity index (χ4v) is 9.03. The molecule has 5 N–H and O–H groups in total. The molecule has 0 bridgehead atoms. The Morgan fingerprint density at radius 3 is 2.36 bits per heavy atom. The predicted octanol–water partition coefficient (Wildman–Crippen LogP) is 2.27. The maximum absolute atomic E-state index is 14.8. The number of aromatic hydroxyl groups is 1. The monoisotopic (exact) mass is 621 g/mol. The molecule has 4 fully saturated rings. The van der Waals surface area contributed by atoms with E-state index < -0.39 is 99.9 Å². The lowest BCUT2D eigenvalue weighted by atomic mass is 9.51. The van der Waals surface area contributed by atoms with Crippen molar-refractivity contribution in [2.24, 2.45) is 35.3 Å². The third-order valence-corrected chi connectivity index (χ3v) is 10.5. The van der Waals surface area contributed by atoms with Gasteiger partial charge in [0.05, 0.1) is 29.0 Å². The number of ketones is 3. The van der Waals surface area contributed by atoms with E-state index in [1.165, 1.54) is 0 Å². The largest absolute Gasteiger partial charge is 0.507 e. The number of primary amides is 1. The average Bonchev–Trinajstić information content (AvgIpc) is 3.30. The number of halogens is 3. The number of phenols is 1. The van der Waals surface area contributed by atoms with Crippen molar-refractivity contribution in [2.45, 2.75) is 82.5 Å². The zero-order valence-corrected chi connectivity index (χ0v) is 24.7. The Kier molecular flexibility index (Phi) is 7.70. The van der Waals surface area contributed by atoms with Crippen molar-refractivity contribution in [3.63, 3.8) is 0 Å². The van der Waals surface area contributed by atoms with E-state index >= 15 is 0 Å². The molecule has 1 amide bonds. The minimum Gasteiger partial charge on any atom is -0.507 e. The molecule has 5 aliphatic rings. The van der Waals surface area contributed by atoms with Crippen molar-refractivity contribution in [1.29, 1.82) is 0 Å². The van der Waals surface area contributed by atoms with Gasteiger partial charge in [0.15, 0.2) is 29.2 Å². The van der Waals surface area contributed by atoms with Crippen LogP contribution in [-0.2, 0) is 31.7 Å². The van der Waals surface area contributed by atoms with Gasteiger partial charge in [0.1, 0.15) is 11.7 Å². The number of ether oxygens (including phenoxy) is 1. The number of carbonyl (C=O) groups is 4. The summed E-state index contributed by atoms with van der Waals surface area (Å²) in [5.74, 6) is -9.97. The smallest absolute Gasteiger partial charge is 0.417 e. The van der Waals surface area contributed by atoms with Crippen LogP contribution in [0, 0.1) is 29.6 Å². The van der Waals surface area contributed by atoms with Crippen LogP contribution in [-0.4, -0.2) is 75.9 Å². The van der Waals surface area contributed by atoms with Crippen LogP contribution in [0.4, 0.5) is 13.2 Å². The molecular formula is C31H38F3N3O7. The Balaban J connectivity index is 1.50. The maximum Gasteiger partial charge on any atom is 0.417 e. The molecule has 2 heterocycles. The molecule has 3 aliphatic carbocycles. The van der Waals surface area contributed by atoms with Gasteiger partial charge in [0, 0.05) is 6.04 Å². The number of hydrogen-bond donors (Lipinski definition) is 4. The SMILES string of the molecule is CCCN(CCC)C1C(=O)C(C(N)=O)C2(OC2O)C2C(=O)C3C(=O)c4c(O)cc(C5CCCN5)c(C(F)(F)F)c4CC3CC12. The van der Waals surface area contributed by atoms with Crippen LogP contribution in [0.15, 0.2) is 6.07 Å². The summed E-state index contributed by atoms with van der Waals surface area (Å²) in [6, 6.07) is -0.644. The van der Waals surface area contributed by atoms with E-state index in [1.807, 2.05) is 18.7 Å². The topological polar surface area (TPSA) is 163 Å². The average molecular weight is 622 g/mol. The van der Waals surface area contributed by atoms with Gasteiger partial charge in [0.25, 0.3) is 0 Å². The number of aliphatic hydroxyl groups is 1. The summed E-state index contributed by atoms with van der Waals surface area (Å²) >= 11 is 0.